The van der Waals surface area contributed by atoms with Crippen molar-refractivity contribution in [3.8, 4) is 66.8 Å². The van der Waals surface area contributed by atoms with Gasteiger partial charge in [0.15, 0.2) is 0 Å². The fourth-order valence-corrected chi connectivity index (χ4v) is 12.0. The third-order valence-electron chi connectivity index (χ3n) is 15.1. The summed E-state index contributed by atoms with van der Waals surface area (Å²) in [4.78, 5) is 8.96. The molecule has 0 aliphatic rings. The van der Waals surface area contributed by atoms with Crippen molar-refractivity contribution in [1.29, 1.82) is 0 Å². The minimum absolute atomic E-state index is 1.13. The van der Waals surface area contributed by atoms with Crippen molar-refractivity contribution in [3.63, 3.8) is 0 Å². The van der Waals surface area contributed by atoms with Gasteiger partial charge < -0.3 is 0 Å². The molecule has 2 aromatic heterocycles. The number of aromatic nitrogens is 2. The first-order valence-corrected chi connectivity index (χ1v) is 24.1. The molecule has 322 valence electrons. The summed E-state index contributed by atoms with van der Waals surface area (Å²) >= 11 is 0. The van der Waals surface area contributed by atoms with E-state index in [4.69, 9.17) is 0 Å². The molecule has 0 atom stereocenters. The predicted molar refractivity (Wildman–Crippen MR) is 297 cm³/mol. The van der Waals surface area contributed by atoms with Gasteiger partial charge in [0.2, 0.25) is 0 Å². The molecule has 0 saturated heterocycles. The highest BCUT2D eigenvalue weighted by atomic mass is 14.6. The van der Waals surface area contributed by atoms with Gasteiger partial charge in [-0.2, -0.15) is 0 Å². The van der Waals surface area contributed by atoms with E-state index in [1.165, 1.54) is 142 Å². The molecule has 15 rings (SSSR count). The largest absolute Gasteiger partial charge is 0.264 e. The molecule has 13 aromatic carbocycles. The van der Waals surface area contributed by atoms with E-state index in [1.807, 2.05) is 36.9 Å². The van der Waals surface area contributed by atoms with Crippen LogP contribution in [0.3, 0.4) is 0 Å². The van der Waals surface area contributed by atoms with Crippen LogP contribution in [0.25, 0.3) is 153 Å². The van der Waals surface area contributed by atoms with Crippen molar-refractivity contribution in [2.45, 2.75) is 0 Å². The maximum Gasteiger partial charge on any atom is 0.0346 e. The predicted octanol–water partition coefficient (Wildman–Crippen LogP) is 18.6. The van der Waals surface area contributed by atoms with Crippen molar-refractivity contribution in [1.82, 2.24) is 9.97 Å². The summed E-state index contributed by atoms with van der Waals surface area (Å²) in [5.74, 6) is 0. The van der Waals surface area contributed by atoms with Crippen LogP contribution in [0.5, 0.6) is 0 Å². The van der Waals surface area contributed by atoms with Crippen LogP contribution in [0, 0.1) is 0 Å². The Bertz CT molecular complexity index is 4290. The number of fused-ring (bicyclic) bond motifs is 2. The van der Waals surface area contributed by atoms with Crippen molar-refractivity contribution >= 4 is 86.2 Å². The highest BCUT2D eigenvalue weighted by Gasteiger charge is 2.22. The molecule has 0 aliphatic carbocycles. The fourth-order valence-electron chi connectivity index (χ4n) is 12.0. The summed E-state index contributed by atoms with van der Waals surface area (Å²) in [6.45, 7) is 0. The SMILES string of the molecule is c1ccc(-c2c3ccc(-c4ccc5ccc6c(-c7cccnc7)ccc7ccc4c5c76)cc3c(-c3ccccc3)c3cc(-c4ccc5ccc6c(-c7cccnc7)ccc7ccc4c5c76)ccc23)cc1. The summed E-state index contributed by atoms with van der Waals surface area (Å²) in [6, 6.07) is 81.5. The third kappa shape index (κ3) is 5.74. The van der Waals surface area contributed by atoms with E-state index in [2.05, 4.69) is 216 Å². The van der Waals surface area contributed by atoms with E-state index in [1.54, 1.807) is 0 Å². The molecule has 2 heterocycles. The van der Waals surface area contributed by atoms with Crippen molar-refractivity contribution in [2.75, 3.05) is 0 Å². The average molecular weight is 885 g/mol. The van der Waals surface area contributed by atoms with E-state index in [-0.39, 0.29) is 0 Å². The normalized spacial score (nSPS) is 12.0. The van der Waals surface area contributed by atoms with Gasteiger partial charge in [0, 0.05) is 35.9 Å². The summed E-state index contributed by atoms with van der Waals surface area (Å²) in [5, 5.41) is 20.1. The summed E-state index contributed by atoms with van der Waals surface area (Å²) in [5.41, 5.74) is 14.4. The van der Waals surface area contributed by atoms with Crippen LogP contribution in [0.2, 0.25) is 0 Å². The maximum absolute atomic E-state index is 4.48. The Balaban J connectivity index is 0.997. The second-order valence-electron chi connectivity index (χ2n) is 18.8. The Morgan fingerprint density at radius 3 is 0.886 bits per heavy atom. The van der Waals surface area contributed by atoms with Crippen molar-refractivity contribution in [3.05, 3.63) is 243 Å². The molecule has 0 bridgehead atoms. The Labute approximate surface area is 404 Å². The molecule has 0 unspecified atom stereocenters. The summed E-state index contributed by atoms with van der Waals surface area (Å²) in [7, 11) is 0. The van der Waals surface area contributed by atoms with Gasteiger partial charge in [0.05, 0.1) is 0 Å². The zero-order valence-corrected chi connectivity index (χ0v) is 38.0. The first-order chi connectivity index (χ1) is 34.7. The number of hydrogen-bond donors (Lipinski definition) is 0. The van der Waals surface area contributed by atoms with E-state index in [0.717, 1.165) is 11.1 Å². The van der Waals surface area contributed by atoms with Crippen molar-refractivity contribution in [2.24, 2.45) is 0 Å². The van der Waals surface area contributed by atoms with Gasteiger partial charge in [-0.25, -0.2) is 0 Å². The van der Waals surface area contributed by atoms with E-state index in [0.29, 0.717) is 0 Å². The first-order valence-electron chi connectivity index (χ1n) is 24.1. The zero-order valence-electron chi connectivity index (χ0n) is 38.0. The Morgan fingerprint density at radius 2 is 0.529 bits per heavy atom. The number of nitrogens with zero attached hydrogens (tertiary/aromatic N) is 2. The lowest BCUT2D eigenvalue weighted by molar-refractivity contribution is 1.33. The topological polar surface area (TPSA) is 25.8 Å². The lowest BCUT2D eigenvalue weighted by Crippen LogP contribution is -1.94. The Morgan fingerprint density at radius 1 is 0.214 bits per heavy atom. The van der Waals surface area contributed by atoms with Gasteiger partial charge in [-0.1, -0.05) is 194 Å². The molecule has 2 nitrogen and oxygen atoms in total. The van der Waals surface area contributed by atoms with E-state index in [9.17, 15) is 0 Å². The second-order valence-corrected chi connectivity index (χ2v) is 18.8. The van der Waals surface area contributed by atoms with Gasteiger partial charge in [-0.3, -0.25) is 9.97 Å². The number of pyridine rings is 2. The van der Waals surface area contributed by atoms with Gasteiger partial charge in [0.25, 0.3) is 0 Å². The van der Waals surface area contributed by atoms with Crippen molar-refractivity contribution < 1.29 is 0 Å². The van der Waals surface area contributed by atoms with Crippen LogP contribution in [0.15, 0.2) is 243 Å². The Hall–Kier alpha value is -9.24. The molecule has 0 amide bonds. The highest BCUT2D eigenvalue weighted by molar-refractivity contribution is 6.30. The fraction of sp³-hybridized carbons (Fsp3) is 0. The van der Waals surface area contributed by atoms with Crippen LogP contribution < -0.4 is 0 Å². The summed E-state index contributed by atoms with van der Waals surface area (Å²) < 4.78 is 0. The quantitative estimate of drug-likeness (QED) is 0.123. The molecule has 0 saturated carbocycles. The monoisotopic (exact) mass is 884 g/mol. The molecule has 2 heteroatoms. The third-order valence-corrected chi connectivity index (χ3v) is 15.1. The smallest absolute Gasteiger partial charge is 0.0346 e. The molecular weight excluding hydrogens is 845 g/mol. The molecule has 70 heavy (non-hydrogen) atoms. The highest BCUT2D eigenvalue weighted by Crippen LogP contribution is 2.49. The molecule has 15 aromatic rings. The molecule has 0 aliphatic heterocycles. The minimum atomic E-state index is 1.13. The van der Waals surface area contributed by atoms with E-state index >= 15 is 0 Å². The molecule has 0 fully saturated rings. The van der Waals surface area contributed by atoms with Crippen LogP contribution in [-0.4, -0.2) is 9.97 Å². The second kappa shape index (κ2) is 15.1. The zero-order chi connectivity index (χ0) is 45.9. The van der Waals surface area contributed by atoms with Gasteiger partial charge in [0.1, 0.15) is 0 Å². The van der Waals surface area contributed by atoms with Gasteiger partial charge in [-0.15, -0.1) is 0 Å². The number of rotatable bonds is 6. The molecular formula is C68H40N2. The Kier molecular flexibility index (Phi) is 8.39. The maximum atomic E-state index is 4.48. The van der Waals surface area contributed by atoms with Crippen LogP contribution >= 0.6 is 0 Å². The lowest BCUT2D eigenvalue weighted by atomic mass is 9.82. The van der Waals surface area contributed by atoms with E-state index < -0.39 is 0 Å². The van der Waals surface area contributed by atoms with Crippen LogP contribution in [-0.2, 0) is 0 Å². The molecule has 0 radical (unpaired) electrons. The minimum Gasteiger partial charge on any atom is -0.264 e. The van der Waals surface area contributed by atoms with Crippen LogP contribution in [0.4, 0.5) is 0 Å². The summed E-state index contributed by atoms with van der Waals surface area (Å²) in [6.07, 6.45) is 7.63. The van der Waals surface area contributed by atoms with Gasteiger partial charge in [-0.05, 0) is 166 Å². The number of benzene rings is 13. The number of hydrogen-bond acceptors (Lipinski definition) is 2. The lowest BCUT2D eigenvalue weighted by Gasteiger charge is -2.21. The standard InChI is InChI=1S/C68H40N2/c1-3-9-41(10-4-1)63-59-33-23-47(51-25-15-43-21-31-57-53(49-13-7-35-69-39-49)27-17-45-19-29-55(51)65(43)67(45)57)37-61(59)64(42-11-5-2-6-12-42)62-38-48(24-34-60(62)63)52-26-16-44-22-32-58-54(50-14-8-36-70-40-50)28-18-46-20-30-56(52)66(44)68(46)58/h1-40H. The average Bonchev–Trinajstić information content (AvgIpc) is 3.43. The molecule has 0 spiro atoms. The first kappa shape index (κ1) is 38.8. The van der Waals surface area contributed by atoms with Crippen LogP contribution in [0.1, 0.15) is 0 Å². The molecule has 0 N–H and O–H groups in total. The van der Waals surface area contributed by atoms with Gasteiger partial charge >= 0.3 is 0 Å².